The van der Waals surface area contributed by atoms with E-state index >= 15 is 0 Å². The first-order chi connectivity index (χ1) is 8.40. The monoisotopic (exact) mass is 223 g/mol. The Morgan fingerprint density at radius 3 is 2.71 bits per heavy atom. The van der Waals surface area contributed by atoms with Crippen LogP contribution in [0.5, 0.6) is 0 Å². The van der Waals surface area contributed by atoms with Crippen molar-refractivity contribution in [1.82, 2.24) is 14.4 Å². The molecule has 0 radical (unpaired) electrons. The van der Waals surface area contributed by atoms with Crippen LogP contribution in [0.25, 0.3) is 17.0 Å². The number of nitrogens with zero attached hydrogens (tertiary/aromatic N) is 3. The van der Waals surface area contributed by atoms with Crippen LogP contribution in [-0.2, 0) is 0 Å². The first kappa shape index (κ1) is 9.72. The molecule has 0 unspecified atom stereocenters. The molecule has 0 amide bonds. The molecule has 2 aromatic heterocycles. The highest BCUT2D eigenvalue weighted by Crippen LogP contribution is 2.20. The lowest BCUT2D eigenvalue weighted by atomic mass is 10.2. The standard InChI is InChI=1S/C13H9N3O/c17-9-11-13-14-7-4-8-16(13)12(15-11)10-5-2-1-3-6-10/h1-9H. The second kappa shape index (κ2) is 3.83. The highest BCUT2D eigenvalue weighted by atomic mass is 16.1. The molecule has 4 nitrogen and oxygen atoms in total. The molecule has 3 aromatic rings. The summed E-state index contributed by atoms with van der Waals surface area (Å²) in [6, 6.07) is 11.5. The van der Waals surface area contributed by atoms with Gasteiger partial charge in [-0.05, 0) is 6.07 Å². The van der Waals surface area contributed by atoms with Crippen molar-refractivity contribution in [2.75, 3.05) is 0 Å². The molecule has 0 saturated heterocycles. The zero-order valence-electron chi connectivity index (χ0n) is 8.95. The zero-order chi connectivity index (χ0) is 11.7. The van der Waals surface area contributed by atoms with E-state index in [-0.39, 0.29) is 0 Å². The maximum atomic E-state index is 10.9. The van der Waals surface area contributed by atoms with Gasteiger partial charge in [0.2, 0.25) is 0 Å². The number of imidazole rings is 1. The van der Waals surface area contributed by atoms with Gasteiger partial charge in [-0.3, -0.25) is 9.20 Å². The average Bonchev–Trinajstić information content (AvgIpc) is 2.78. The molecule has 2 heterocycles. The van der Waals surface area contributed by atoms with Crippen LogP contribution in [0.15, 0.2) is 48.8 Å². The molecule has 0 aliphatic heterocycles. The molecule has 0 spiro atoms. The third kappa shape index (κ3) is 1.50. The number of hydrogen-bond donors (Lipinski definition) is 0. The van der Waals surface area contributed by atoms with Gasteiger partial charge >= 0.3 is 0 Å². The number of rotatable bonds is 2. The molecule has 82 valence electrons. The second-order valence-electron chi connectivity index (χ2n) is 3.62. The molecule has 0 atom stereocenters. The maximum Gasteiger partial charge on any atom is 0.172 e. The van der Waals surface area contributed by atoms with E-state index in [9.17, 15) is 4.79 Å². The van der Waals surface area contributed by atoms with Crippen LogP contribution in [0.4, 0.5) is 0 Å². The van der Waals surface area contributed by atoms with Crippen molar-refractivity contribution in [3.63, 3.8) is 0 Å². The molecule has 0 bridgehead atoms. The summed E-state index contributed by atoms with van der Waals surface area (Å²) in [5.74, 6) is 0.732. The van der Waals surface area contributed by atoms with E-state index in [4.69, 9.17) is 0 Å². The molecule has 3 rings (SSSR count). The van der Waals surface area contributed by atoms with Gasteiger partial charge < -0.3 is 0 Å². The van der Waals surface area contributed by atoms with Gasteiger partial charge in [-0.1, -0.05) is 30.3 Å². The van der Waals surface area contributed by atoms with Gasteiger partial charge in [-0.15, -0.1) is 0 Å². The molecule has 0 aliphatic rings. The Balaban J connectivity index is 2.34. The van der Waals surface area contributed by atoms with Crippen molar-refractivity contribution in [1.29, 1.82) is 0 Å². The average molecular weight is 223 g/mol. The SMILES string of the molecule is O=Cc1nc(-c2ccccc2)n2cccnc12. The fourth-order valence-electron chi connectivity index (χ4n) is 1.82. The minimum atomic E-state index is 0.365. The fraction of sp³-hybridized carbons (Fsp3) is 0. The lowest BCUT2D eigenvalue weighted by Gasteiger charge is -1.99. The van der Waals surface area contributed by atoms with Gasteiger partial charge in [0.25, 0.3) is 0 Å². The Morgan fingerprint density at radius 2 is 1.94 bits per heavy atom. The summed E-state index contributed by atoms with van der Waals surface area (Å²) in [6.45, 7) is 0. The summed E-state index contributed by atoms with van der Waals surface area (Å²) in [7, 11) is 0. The Hall–Kier alpha value is -2.49. The predicted molar refractivity (Wildman–Crippen MR) is 63.8 cm³/mol. The highest BCUT2D eigenvalue weighted by Gasteiger charge is 2.11. The smallest absolute Gasteiger partial charge is 0.172 e. The zero-order valence-corrected chi connectivity index (χ0v) is 8.95. The molecule has 1 aromatic carbocycles. The van der Waals surface area contributed by atoms with Crippen LogP contribution >= 0.6 is 0 Å². The van der Waals surface area contributed by atoms with Gasteiger partial charge in [0.15, 0.2) is 11.9 Å². The van der Waals surface area contributed by atoms with E-state index < -0.39 is 0 Å². The van der Waals surface area contributed by atoms with Gasteiger partial charge in [-0.25, -0.2) is 9.97 Å². The topological polar surface area (TPSA) is 47.3 Å². The number of hydrogen-bond acceptors (Lipinski definition) is 3. The largest absolute Gasteiger partial charge is 0.296 e. The lowest BCUT2D eigenvalue weighted by Crippen LogP contribution is -1.89. The van der Waals surface area contributed by atoms with E-state index in [2.05, 4.69) is 9.97 Å². The van der Waals surface area contributed by atoms with E-state index in [0.717, 1.165) is 17.7 Å². The molecular formula is C13H9N3O. The lowest BCUT2D eigenvalue weighted by molar-refractivity contribution is 0.112. The van der Waals surface area contributed by atoms with Crippen molar-refractivity contribution < 1.29 is 4.79 Å². The van der Waals surface area contributed by atoms with Crippen molar-refractivity contribution in [3.8, 4) is 11.4 Å². The van der Waals surface area contributed by atoms with Crippen LogP contribution in [0.1, 0.15) is 10.5 Å². The number of aromatic nitrogens is 3. The number of carbonyl (C=O) groups excluding carboxylic acids is 1. The number of carbonyl (C=O) groups is 1. The van der Waals surface area contributed by atoms with Crippen molar-refractivity contribution in [2.45, 2.75) is 0 Å². The molecule has 0 saturated carbocycles. The molecular weight excluding hydrogens is 214 g/mol. The number of aldehydes is 1. The van der Waals surface area contributed by atoms with Crippen LogP contribution in [0, 0.1) is 0 Å². The molecule has 17 heavy (non-hydrogen) atoms. The molecule has 0 N–H and O–H groups in total. The summed E-state index contributed by atoms with van der Waals surface area (Å²) in [6.07, 6.45) is 4.23. The van der Waals surface area contributed by atoms with Gasteiger partial charge in [0.05, 0.1) is 0 Å². The summed E-state index contributed by atoms with van der Waals surface area (Å²) >= 11 is 0. The Bertz CT molecular complexity index is 673. The first-order valence-electron chi connectivity index (χ1n) is 5.24. The van der Waals surface area contributed by atoms with Crippen LogP contribution in [0.3, 0.4) is 0 Å². The van der Waals surface area contributed by atoms with Gasteiger partial charge in [0, 0.05) is 18.0 Å². The number of fused-ring (bicyclic) bond motifs is 1. The summed E-state index contributed by atoms with van der Waals surface area (Å²) < 4.78 is 1.82. The predicted octanol–water partition coefficient (Wildman–Crippen LogP) is 2.21. The van der Waals surface area contributed by atoms with Crippen LogP contribution in [-0.4, -0.2) is 20.7 Å². The minimum absolute atomic E-state index is 0.365. The normalized spacial score (nSPS) is 10.6. The minimum Gasteiger partial charge on any atom is -0.296 e. The van der Waals surface area contributed by atoms with Crippen LogP contribution in [0.2, 0.25) is 0 Å². The third-order valence-electron chi connectivity index (χ3n) is 2.57. The van der Waals surface area contributed by atoms with E-state index in [1.165, 1.54) is 0 Å². The fourth-order valence-corrected chi connectivity index (χ4v) is 1.82. The number of benzene rings is 1. The summed E-state index contributed by atoms with van der Waals surface area (Å²) in [5.41, 5.74) is 1.91. The van der Waals surface area contributed by atoms with E-state index in [0.29, 0.717) is 11.3 Å². The Labute approximate surface area is 97.6 Å². The second-order valence-corrected chi connectivity index (χ2v) is 3.62. The molecule has 4 heteroatoms. The quantitative estimate of drug-likeness (QED) is 0.626. The van der Waals surface area contributed by atoms with Gasteiger partial charge in [0.1, 0.15) is 11.5 Å². The summed E-state index contributed by atoms with van der Waals surface area (Å²) in [4.78, 5) is 19.4. The van der Waals surface area contributed by atoms with E-state index in [1.54, 1.807) is 6.20 Å². The maximum absolute atomic E-state index is 10.9. The highest BCUT2D eigenvalue weighted by molar-refractivity contribution is 5.83. The Kier molecular flexibility index (Phi) is 2.19. The van der Waals surface area contributed by atoms with Crippen molar-refractivity contribution in [2.24, 2.45) is 0 Å². The molecule has 0 fully saturated rings. The van der Waals surface area contributed by atoms with Crippen LogP contribution < -0.4 is 0 Å². The Morgan fingerprint density at radius 1 is 1.12 bits per heavy atom. The van der Waals surface area contributed by atoms with Crippen molar-refractivity contribution >= 4 is 11.9 Å². The third-order valence-corrected chi connectivity index (χ3v) is 2.57. The first-order valence-corrected chi connectivity index (χ1v) is 5.24. The van der Waals surface area contributed by atoms with Gasteiger partial charge in [-0.2, -0.15) is 0 Å². The van der Waals surface area contributed by atoms with Crippen molar-refractivity contribution in [3.05, 3.63) is 54.5 Å². The molecule has 0 aliphatic carbocycles. The van der Waals surface area contributed by atoms with E-state index in [1.807, 2.05) is 47.0 Å². The summed E-state index contributed by atoms with van der Waals surface area (Å²) in [5, 5.41) is 0.